The van der Waals surface area contributed by atoms with Crippen molar-refractivity contribution in [1.82, 2.24) is 5.32 Å². The van der Waals surface area contributed by atoms with Gasteiger partial charge >= 0.3 is 0 Å². The predicted molar refractivity (Wildman–Crippen MR) is 277 cm³/mol. The van der Waals surface area contributed by atoms with Gasteiger partial charge in [0.1, 0.15) is 24.4 Å². The monoisotopic (exact) mass is 938 g/mol. The zero-order valence-electron chi connectivity index (χ0n) is 43.5. The lowest BCUT2D eigenvalue weighted by Gasteiger charge is -2.40. The van der Waals surface area contributed by atoms with Gasteiger partial charge in [-0.2, -0.15) is 0 Å². The molecule has 0 aromatic rings. The highest BCUT2D eigenvalue weighted by Gasteiger charge is 2.44. The molecule has 0 spiro atoms. The summed E-state index contributed by atoms with van der Waals surface area (Å²) in [7, 11) is 0. The Balaban J connectivity index is 2.15. The molecule has 6 N–H and O–H groups in total. The van der Waals surface area contributed by atoms with Crippen molar-refractivity contribution in [3.63, 3.8) is 0 Å². The molecule has 392 valence electrons. The summed E-state index contributed by atoms with van der Waals surface area (Å²) in [4.78, 5) is 13.1. The average Bonchev–Trinajstić information content (AvgIpc) is 3.32. The molecule has 9 nitrogen and oxygen atoms in total. The molecule has 1 aliphatic rings. The summed E-state index contributed by atoms with van der Waals surface area (Å²) in [6.45, 7) is 3.87. The van der Waals surface area contributed by atoms with Crippen molar-refractivity contribution in [2.75, 3.05) is 13.2 Å². The molecule has 0 radical (unpaired) electrons. The van der Waals surface area contributed by atoms with Crippen LogP contribution in [0.2, 0.25) is 0 Å². The van der Waals surface area contributed by atoms with E-state index in [9.17, 15) is 30.3 Å². The third-order valence-electron chi connectivity index (χ3n) is 14.1. The van der Waals surface area contributed by atoms with E-state index in [0.717, 1.165) is 38.5 Å². The summed E-state index contributed by atoms with van der Waals surface area (Å²) in [5, 5.41) is 54.6. The highest BCUT2D eigenvalue weighted by Crippen LogP contribution is 2.23. The van der Waals surface area contributed by atoms with Crippen LogP contribution in [-0.2, 0) is 14.3 Å². The number of nitrogens with one attached hydrogen (secondary N) is 1. The number of carbonyl (C=O) groups is 1. The maximum absolute atomic E-state index is 13.1. The van der Waals surface area contributed by atoms with Crippen molar-refractivity contribution in [1.29, 1.82) is 0 Å². The molecule has 1 saturated heterocycles. The molecule has 0 aliphatic carbocycles. The Morgan fingerprint density at radius 3 is 1.23 bits per heavy atom. The third kappa shape index (κ3) is 36.9. The van der Waals surface area contributed by atoms with Crippen molar-refractivity contribution >= 4 is 5.91 Å². The van der Waals surface area contributed by atoms with Gasteiger partial charge in [0.15, 0.2) is 6.29 Å². The van der Waals surface area contributed by atoms with Crippen LogP contribution in [0.1, 0.15) is 290 Å². The quantitative estimate of drug-likeness (QED) is 0.0261. The Morgan fingerprint density at radius 2 is 0.848 bits per heavy atom. The van der Waals surface area contributed by atoms with Gasteiger partial charge in [-0.25, -0.2) is 0 Å². The maximum Gasteiger partial charge on any atom is 0.220 e. The average molecular weight is 939 g/mol. The smallest absolute Gasteiger partial charge is 0.220 e. The van der Waals surface area contributed by atoms with Crippen LogP contribution in [0.3, 0.4) is 0 Å². The third-order valence-corrected chi connectivity index (χ3v) is 14.1. The van der Waals surface area contributed by atoms with Crippen LogP contribution < -0.4 is 5.32 Å². The summed E-state index contributed by atoms with van der Waals surface area (Å²) in [6.07, 6.45) is 51.0. The number of carbonyl (C=O) groups excluding carboxylic acids is 1. The first-order valence-electron chi connectivity index (χ1n) is 28.9. The number of allylic oxidation sites excluding steroid dienone is 2. The van der Waals surface area contributed by atoms with Gasteiger partial charge in [-0.15, -0.1) is 0 Å². The second-order valence-corrected chi connectivity index (χ2v) is 20.4. The van der Waals surface area contributed by atoms with Crippen LogP contribution >= 0.6 is 0 Å². The molecule has 0 aromatic heterocycles. The summed E-state index contributed by atoms with van der Waals surface area (Å²) >= 11 is 0. The first-order valence-corrected chi connectivity index (χ1v) is 28.9. The van der Waals surface area contributed by atoms with Gasteiger partial charge in [0.25, 0.3) is 0 Å². The molecule has 9 heteroatoms. The molecule has 66 heavy (non-hydrogen) atoms. The molecule has 0 saturated carbocycles. The van der Waals surface area contributed by atoms with E-state index in [1.54, 1.807) is 0 Å². The molecular weight excluding hydrogens is 827 g/mol. The van der Waals surface area contributed by atoms with E-state index in [2.05, 4.69) is 31.3 Å². The van der Waals surface area contributed by atoms with Crippen molar-refractivity contribution in [2.45, 2.75) is 333 Å². The second kappa shape index (κ2) is 47.6. The van der Waals surface area contributed by atoms with E-state index in [1.807, 2.05) is 0 Å². The normalized spacial score (nSPS) is 19.8. The maximum atomic E-state index is 13.1. The predicted octanol–water partition coefficient (Wildman–Crippen LogP) is 14.0. The first kappa shape index (κ1) is 62.9. The van der Waals surface area contributed by atoms with Gasteiger partial charge in [-0.3, -0.25) is 4.79 Å². The van der Waals surface area contributed by atoms with Crippen LogP contribution in [-0.4, -0.2) is 87.5 Å². The van der Waals surface area contributed by atoms with E-state index in [0.29, 0.717) is 12.8 Å². The van der Waals surface area contributed by atoms with Gasteiger partial charge in [0, 0.05) is 6.42 Å². The van der Waals surface area contributed by atoms with Crippen molar-refractivity contribution in [3.05, 3.63) is 12.2 Å². The van der Waals surface area contributed by atoms with Gasteiger partial charge in [-0.05, 0) is 38.5 Å². The lowest BCUT2D eigenvalue weighted by atomic mass is 9.99. The Hall–Kier alpha value is -1.07. The number of ether oxygens (including phenoxy) is 2. The molecule has 0 aromatic carbocycles. The molecule has 7 atom stereocenters. The van der Waals surface area contributed by atoms with Crippen molar-refractivity contribution in [3.8, 4) is 0 Å². The number of hydrogen-bond donors (Lipinski definition) is 6. The van der Waals surface area contributed by atoms with E-state index in [1.165, 1.54) is 225 Å². The largest absolute Gasteiger partial charge is 0.394 e. The van der Waals surface area contributed by atoms with Gasteiger partial charge in [0.05, 0.1) is 25.4 Å². The summed E-state index contributed by atoms with van der Waals surface area (Å²) < 4.78 is 11.3. The molecule has 0 bridgehead atoms. The van der Waals surface area contributed by atoms with E-state index in [-0.39, 0.29) is 12.5 Å². The van der Waals surface area contributed by atoms with Crippen LogP contribution in [0.4, 0.5) is 0 Å². The molecule has 1 aliphatic heterocycles. The zero-order chi connectivity index (χ0) is 48.0. The van der Waals surface area contributed by atoms with E-state index >= 15 is 0 Å². The molecule has 1 rings (SSSR count). The fourth-order valence-corrected chi connectivity index (χ4v) is 9.51. The number of rotatable bonds is 50. The highest BCUT2D eigenvalue weighted by molar-refractivity contribution is 5.76. The summed E-state index contributed by atoms with van der Waals surface area (Å²) in [5.41, 5.74) is 0. The number of aliphatic hydroxyl groups is 5. The standard InChI is InChI=1S/C57H111NO8/c1-3-5-7-9-11-13-15-17-19-20-21-22-23-24-25-26-27-28-29-30-31-33-35-37-39-41-43-45-47-53(61)58-50(49-65-57-56(64)55(63)54(62)52(48-59)66-57)51(60)46-44-42-40-38-36-34-32-18-16-14-12-10-8-6-4-2/h24-25,50-52,54-57,59-60,62-64H,3-23,26-49H2,1-2H3,(H,58,61)/b25-24-. The van der Waals surface area contributed by atoms with E-state index in [4.69, 9.17) is 9.47 Å². The van der Waals surface area contributed by atoms with Gasteiger partial charge < -0.3 is 40.3 Å². The lowest BCUT2D eigenvalue weighted by Crippen LogP contribution is -2.60. The van der Waals surface area contributed by atoms with Crippen LogP contribution in [0.5, 0.6) is 0 Å². The van der Waals surface area contributed by atoms with Crippen molar-refractivity contribution < 1.29 is 39.8 Å². The minimum Gasteiger partial charge on any atom is -0.394 e. The number of aliphatic hydroxyl groups excluding tert-OH is 5. The minimum absolute atomic E-state index is 0.134. The fraction of sp³-hybridized carbons (Fsp3) is 0.947. The Bertz CT molecular complexity index is 1040. The SMILES string of the molecule is CCCCCCCCCCCCCC/C=C\CCCCCCCCCCCCCCC(=O)NC(COC1OC(CO)C(O)C(O)C1O)C(O)CCCCCCCCCCCCCCCCC. The molecular formula is C57H111NO8. The highest BCUT2D eigenvalue weighted by atomic mass is 16.7. The number of hydrogen-bond acceptors (Lipinski definition) is 8. The topological polar surface area (TPSA) is 149 Å². The van der Waals surface area contributed by atoms with Crippen LogP contribution in [0.25, 0.3) is 0 Å². The number of amides is 1. The Morgan fingerprint density at radius 1 is 0.500 bits per heavy atom. The second-order valence-electron chi connectivity index (χ2n) is 20.4. The van der Waals surface area contributed by atoms with Crippen LogP contribution in [0.15, 0.2) is 12.2 Å². The van der Waals surface area contributed by atoms with E-state index < -0.39 is 49.5 Å². The molecule has 7 unspecified atom stereocenters. The first-order chi connectivity index (χ1) is 32.3. The Labute approximate surface area is 407 Å². The summed E-state index contributed by atoms with van der Waals surface area (Å²) in [5.74, 6) is -0.140. The molecule has 1 fully saturated rings. The lowest BCUT2D eigenvalue weighted by molar-refractivity contribution is -0.302. The number of unbranched alkanes of at least 4 members (excludes halogenated alkanes) is 38. The Kier molecular flexibility index (Phi) is 45.4. The molecule has 1 amide bonds. The minimum atomic E-state index is -1.55. The van der Waals surface area contributed by atoms with Gasteiger partial charge in [0.2, 0.25) is 5.91 Å². The zero-order valence-corrected chi connectivity index (χ0v) is 43.5. The molecule has 1 heterocycles. The fourth-order valence-electron chi connectivity index (χ4n) is 9.51. The van der Waals surface area contributed by atoms with Crippen molar-refractivity contribution in [2.24, 2.45) is 0 Å². The van der Waals surface area contributed by atoms with Crippen LogP contribution in [0, 0.1) is 0 Å². The summed E-state index contributed by atoms with van der Waals surface area (Å²) in [6, 6.07) is -0.716. The van der Waals surface area contributed by atoms with Gasteiger partial charge in [-0.1, -0.05) is 257 Å².